The molecule has 1 saturated heterocycles. The highest BCUT2D eigenvalue weighted by molar-refractivity contribution is 7.99. The second-order valence-corrected chi connectivity index (χ2v) is 7.80. The SMILES string of the molecule is CC(=O)N1[C@@H](c2ccco2)SC[C@H]1C(=O)O[C@H](C)c1nc2ccccc2c(=O)[nH]1. The van der Waals surface area contributed by atoms with Gasteiger partial charge in [-0.3, -0.25) is 9.59 Å². The minimum atomic E-state index is -0.777. The molecule has 3 atom stereocenters. The molecule has 1 N–H and O–H groups in total. The van der Waals surface area contributed by atoms with Gasteiger partial charge in [-0.2, -0.15) is 0 Å². The van der Waals surface area contributed by atoms with Crippen LogP contribution in [-0.2, 0) is 14.3 Å². The van der Waals surface area contributed by atoms with Crippen LogP contribution in [0.2, 0.25) is 0 Å². The van der Waals surface area contributed by atoms with Crippen molar-refractivity contribution >= 4 is 34.5 Å². The first-order valence-corrected chi connectivity index (χ1v) is 10.1. The number of rotatable bonds is 4. The number of aromatic nitrogens is 2. The van der Waals surface area contributed by atoms with Crippen molar-refractivity contribution in [3.05, 3.63) is 64.6 Å². The van der Waals surface area contributed by atoms with Gasteiger partial charge in [0.1, 0.15) is 17.2 Å². The van der Waals surface area contributed by atoms with Crippen molar-refractivity contribution in [3.8, 4) is 0 Å². The molecule has 1 aliphatic heterocycles. The van der Waals surface area contributed by atoms with Crippen LogP contribution >= 0.6 is 11.8 Å². The van der Waals surface area contributed by atoms with Gasteiger partial charge in [0, 0.05) is 12.7 Å². The minimum absolute atomic E-state index is 0.247. The van der Waals surface area contributed by atoms with E-state index in [1.807, 2.05) is 0 Å². The van der Waals surface area contributed by atoms with Crippen LogP contribution in [0.4, 0.5) is 0 Å². The second kappa shape index (κ2) is 7.75. The number of amides is 1. The number of carbonyl (C=O) groups excluding carboxylic acids is 2. The number of ether oxygens (including phenoxy) is 1. The third-order valence-electron chi connectivity index (χ3n) is 4.73. The smallest absolute Gasteiger partial charge is 0.330 e. The van der Waals surface area contributed by atoms with Gasteiger partial charge in [-0.1, -0.05) is 12.1 Å². The van der Waals surface area contributed by atoms with E-state index in [2.05, 4.69) is 9.97 Å². The Hall–Kier alpha value is -3.07. The zero-order valence-corrected chi connectivity index (χ0v) is 16.6. The molecule has 8 nitrogen and oxygen atoms in total. The number of fused-ring (bicyclic) bond motifs is 1. The fraction of sp³-hybridized carbons (Fsp3) is 0.300. The molecule has 3 heterocycles. The minimum Gasteiger partial charge on any atom is -0.466 e. The van der Waals surface area contributed by atoms with Crippen molar-refractivity contribution in [2.24, 2.45) is 0 Å². The van der Waals surface area contributed by atoms with Gasteiger partial charge in [0.25, 0.3) is 5.56 Å². The summed E-state index contributed by atoms with van der Waals surface area (Å²) in [5.74, 6) is 0.449. The number of nitrogens with zero attached hydrogens (tertiary/aromatic N) is 2. The molecule has 3 aromatic rings. The number of benzene rings is 1. The van der Waals surface area contributed by atoms with E-state index in [1.54, 1.807) is 43.3 Å². The highest BCUT2D eigenvalue weighted by Crippen LogP contribution is 2.42. The van der Waals surface area contributed by atoms with E-state index >= 15 is 0 Å². The van der Waals surface area contributed by atoms with Crippen molar-refractivity contribution in [1.82, 2.24) is 14.9 Å². The summed E-state index contributed by atoms with van der Waals surface area (Å²) < 4.78 is 11.0. The monoisotopic (exact) mass is 413 g/mol. The molecule has 0 spiro atoms. The van der Waals surface area contributed by atoms with Crippen LogP contribution in [0, 0.1) is 0 Å². The number of hydrogen-bond acceptors (Lipinski definition) is 7. The predicted octanol–water partition coefficient (Wildman–Crippen LogP) is 2.78. The van der Waals surface area contributed by atoms with Crippen LogP contribution in [0.1, 0.15) is 36.9 Å². The number of furan rings is 1. The summed E-state index contributed by atoms with van der Waals surface area (Å²) in [6.07, 6.45) is 0.755. The largest absolute Gasteiger partial charge is 0.466 e. The summed E-state index contributed by atoms with van der Waals surface area (Å²) in [5.41, 5.74) is 0.224. The molecule has 1 aliphatic rings. The van der Waals surface area contributed by atoms with Crippen molar-refractivity contribution in [3.63, 3.8) is 0 Å². The molecule has 0 aliphatic carbocycles. The lowest BCUT2D eigenvalue weighted by Crippen LogP contribution is -2.43. The Kier molecular flexibility index (Phi) is 5.14. The number of para-hydroxylation sites is 1. The average molecular weight is 413 g/mol. The maximum absolute atomic E-state index is 12.8. The van der Waals surface area contributed by atoms with E-state index in [9.17, 15) is 14.4 Å². The Labute approximate surface area is 170 Å². The first-order chi connectivity index (χ1) is 14.0. The molecule has 0 unspecified atom stereocenters. The zero-order valence-electron chi connectivity index (χ0n) is 15.8. The predicted molar refractivity (Wildman–Crippen MR) is 107 cm³/mol. The molecule has 0 bridgehead atoms. The molecule has 1 aromatic carbocycles. The lowest BCUT2D eigenvalue weighted by molar-refractivity contribution is -0.158. The van der Waals surface area contributed by atoms with Gasteiger partial charge in [0.2, 0.25) is 5.91 Å². The lowest BCUT2D eigenvalue weighted by atomic mass is 10.2. The van der Waals surface area contributed by atoms with Gasteiger partial charge in [0.15, 0.2) is 11.9 Å². The van der Waals surface area contributed by atoms with E-state index in [-0.39, 0.29) is 22.7 Å². The quantitative estimate of drug-likeness (QED) is 0.656. The second-order valence-electron chi connectivity index (χ2n) is 6.69. The summed E-state index contributed by atoms with van der Waals surface area (Å²) >= 11 is 1.44. The third kappa shape index (κ3) is 3.65. The summed E-state index contributed by atoms with van der Waals surface area (Å²) in [6, 6.07) is 9.70. The maximum atomic E-state index is 12.8. The number of H-pyrrole nitrogens is 1. The number of esters is 1. The Morgan fingerprint density at radius 2 is 2.10 bits per heavy atom. The van der Waals surface area contributed by atoms with Crippen LogP contribution in [-0.4, -0.2) is 38.5 Å². The molecule has 0 radical (unpaired) electrons. The van der Waals surface area contributed by atoms with Crippen LogP contribution in [0.5, 0.6) is 0 Å². The summed E-state index contributed by atoms with van der Waals surface area (Å²) in [6.45, 7) is 3.04. The highest BCUT2D eigenvalue weighted by Gasteiger charge is 2.43. The Morgan fingerprint density at radius 3 is 2.83 bits per heavy atom. The molecule has 1 fully saturated rings. The van der Waals surface area contributed by atoms with Crippen LogP contribution in [0.3, 0.4) is 0 Å². The molecular formula is C20H19N3O5S. The molecule has 2 aromatic heterocycles. The van der Waals surface area contributed by atoms with E-state index < -0.39 is 18.1 Å². The van der Waals surface area contributed by atoms with Gasteiger partial charge in [-0.15, -0.1) is 11.8 Å². The van der Waals surface area contributed by atoms with Gasteiger partial charge in [0.05, 0.1) is 17.2 Å². The first kappa shape index (κ1) is 19.3. The van der Waals surface area contributed by atoms with E-state index in [1.165, 1.54) is 29.8 Å². The van der Waals surface area contributed by atoms with E-state index in [0.29, 0.717) is 22.4 Å². The van der Waals surface area contributed by atoms with Crippen molar-refractivity contribution in [2.75, 3.05) is 5.75 Å². The molecule has 4 rings (SSSR count). The third-order valence-corrected chi connectivity index (χ3v) is 6.02. The normalized spacial score (nSPS) is 20.0. The highest BCUT2D eigenvalue weighted by atomic mass is 32.2. The Morgan fingerprint density at radius 1 is 1.31 bits per heavy atom. The van der Waals surface area contributed by atoms with Crippen LogP contribution in [0.25, 0.3) is 10.9 Å². The molecule has 9 heteroatoms. The van der Waals surface area contributed by atoms with Crippen molar-refractivity contribution in [2.45, 2.75) is 31.4 Å². The summed E-state index contributed by atoms with van der Waals surface area (Å²) in [5, 5.41) is 0.0833. The topological polar surface area (TPSA) is 106 Å². The van der Waals surface area contributed by atoms with Gasteiger partial charge in [-0.05, 0) is 31.2 Å². The van der Waals surface area contributed by atoms with E-state index in [4.69, 9.17) is 9.15 Å². The fourth-order valence-electron chi connectivity index (χ4n) is 3.33. The van der Waals surface area contributed by atoms with Crippen molar-refractivity contribution in [1.29, 1.82) is 0 Å². The number of nitrogens with one attached hydrogen (secondary N) is 1. The molecular weight excluding hydrogens is 394 g/mol. The molecule has 1 amide bonds. The number of thioether (sulfide) groups is 1. The summed E-state index contributed by atoms with van der Waals surface area (Å²) in [4.78, 5) is 45.8. The number of hydrogen-bond donors (Lipinski definition) is 1. The van der Waals surface area contributed by atoms with Gasteiger partial charge in [-0.25, -0.2) is 9.78 Å². The maximum Gasteiger partial charge on any atom is 0.330 e. The molecule has 29 heavy (non-hydrogen) atoms. The molecule has 150 valence electrons. The standard InChI is InChI=1S/C20H19N3O5S/c1-11(17-21-14-7-4-3-6-13(14)18(25)22-17)28-20(26)15-10-29-19(23(15)12(2)24)16-8-5-9-27-16/h3-9,11,15,19H,10H2,1-2H3,(H,21,22,25)/t11-,15+,19-/m1/s1. The Balaban J connectivity index is 1.54. The fourth-order valence-corrected chi connectivity index (χ4v) is 4.74. The average Bonchev–Trinajstić information content (AvgIpc) is 3.37. The molecule has 0 saturated carbocycles. The Bertz CT molecular complexity index is 1110. The number of aromatic amines is 1. The lowest BCUT2D eigenvalue weighted by Gasteiger charge is -2.26. The summed E-state index contributed by atoms with van der Waals surface area (Å²) in [7, 11) is 0. The van der Waals surface area contributed by atoms with Gasteiger partial charge >= 0.3 is 5.97 Å². The van der Waals surface area contributed by atoms with Gasteiger partial charge < -0.3 is 19.0 Å². The number of carbonyl (C=O) groups is 2. The van der Waals surface area contributed by atoms with Crippen LogP contribution in [0.15, 0.2) is 51.9 Å². The van der Waals surface area contributed by atoms with Crippen molar-refractivity contribution < 1.29 is 18.7 Å². The van der Waals surface area contributed by atoms with E-state index in [0.717, 1.165) is 0 Å². The first-order valence-electron chi connectivity index (χ1n) is 9.09. The zero-order chi connectivity index (χ0) is 20.5. The van der Waals surface area contributed by atoms with Crippen LogP contribution < -0.4 is 5.56 Å².